The predicted octanol–water partition coefficient (Wildman–Crippen LogP) is 1.67. The Hall–Kier alpha value is -2.74. The Morgan fingerprint density at radius 1 is 1.17 bits per heavy atom. The molecule has 1 aliphatic rings. The van der Waals surface area contributed by atoms with Crippen molar-refractivity contribution in [3.05, 3.63) is 54.2 Å². The zero-order valence-electron chi connectivity index (χ0n) is 16.4. The van der Waals surface area contributed by atoms with E-state index in [0.29, 0.717) is 18.8 Å². The minimum absolute atomic E-state index is 0.0960. The first kappa shape index (κ1) is 22.0. The number of hydrogen-bond donors (Lipinski definition) is 0. The lowest BCUT2D eigenvalue weighted by molar-refractivity contribution is -0.133. The lowest BCUT2D eigenvalue weighted by atomic mass is 10.3. The number of nitriles is 1. The van der Waals surface area contributed by atoms with Crippen molar-refractivity contribution in [3.8, 4) is 6.07 Å². The molecule has 0 bridgehead atoms. The van der Waals surface area contributed by atoms with E-state index in [9.17, 15) is 17.6 Å². The van der Waals surface area contributed by atoms with Crippen LogP contribution in [-0.2, 0) is 21.4 Å². The molecule has 160 valence electrons. The molecule has 30 heavy (non-hydrogen) atoms. The summed E-state index contributed by atoms with van der Waals surface area (Å²) in [6.45, 7) is 1.56. The van der Waals surface area contributed by atoms with E-state index in [4.69, 9.17) is 9.68 Å². The van der Waals surface area contributed by atoms with Crippen molar-refractivity contribution < 1.29 is 22.0 Å². The summed E-state index contributed by atoms with van der Waals surface area (Å²) < 4.78 is 45.8. The fourth-order valence-electron chi connectivity index (χ4n) is 3.31. The van der Waals surface area contributed by atoms with Crippen LogP contribution in [0.4, 0.5) is 4.39 Å². The third kappa shape index (κ3) is 5.24. The molecule has 3 rings (SSSR count). The van der Waals surface area contributed by atoms with Crippen molar-refractivity contribution in [2.24, 2.45) is 0 Å². The van der Waals surface area contributed by atoms with E-state index >= 15 is 0 Å². The van der Waals surface area contributed by atoms with Crippen LogP contribution in [0.5, 0.6) is 0 Å². The standard InChI is InChI=1S/C20H23FN4O4S/c21-18-6-1-2-7-19(18)30(27,28)25-12-10-24(11-13-25)20(26)16-23(9-4-8-22)15-17-5-3-14-29-17/h1-3,5-7,14H,4,9-13,15-16H2. The highest BCUT2D eigenvalue weighted by atomic mass is 32.2. The van der Waals surface area contributed by atoms with Gasteiger partial charge in [0.1, 0.15) is 16.5 Å². The summed E-state index contributed by atoms with van der Waals surface area (Å²) in [5.74, 6) is -0.244. The molecule has 1 aliphatic heterocycles. The molecular formula is C20H23FN4O4S. The molecule has 0 atom stereocenters. The number of benzene rings is 1. The molecule has 10 heteroatoms. The highest BCUT2D eigenvalue weighted by Gasteiger charge is 2.32. The fourth-order valence-corrected chi connectivity index (χ4v) is 4.79. The quantitative estimate of drug-likeness (QED) is 0.627. The van der Waals surface area contributed by atoms with Crippen LogP contribution in [0.1, 0.15) is 12.2 Å². The summed E-state index contributed by atoms with van der Waals surface area (Å²) in [7, 11) is -3.95. The van der Waals surface area contributed by atoms with Gasteiger partial charge in [-0.1, -0.05) is 12.1 Å². The van der Waals surface area contributed by atoms with E-state index < -0.39 is 15.8 Å². The smallest absolute Gasteiger partial charge is 0.246 e. The van der Waals surface area contributed by atoms with E-state index in [2.05, 4.69) is 6.07 Å². The predicted molar refractivity (Wildman–Crippen MR) is 106 cm³/mol. The second-order valence-corrected chi connectivity index (χ2v) is 8.82. The number of hydrogen-bond acceptors (Lipinski definition) is 6. The van der Waals surface area contributed by atoms with Crippen LogP contribution < -0.4 is 0 Å². The largest absolute Gasteiger partial charge is 0.468 e. The highest BCUT2D eigenvalue weighted by Crippen LogP contribution is 2.20. The van der Waals surface area contributed by atoms with Crippen LogP contribution in [-0.4, -0.2) is 67.7 Å². The van der Waals surface area contributed by atoms with Crippen molar-refractivity contribution in [2.75, 3.05) is 39.3 Å². The van der Waals surface area contributed by atoms with Gasteiger partial charge in [-0.15, -0.1) is 0 Å². The minimum atomic E-state index is -3.95. The molecule has 2 heterocycles. The first-order chi connectivity index (χ1) is 14.4. The molecule has 8 nitrogen and oxygen atoms in total. The molecule has 0 radical (unpaired) electrons. The second-order valence-electron chi connectivity index (χ2n) is 6.91. The van der Waals surface area contributed by atoms with Gasteiger partial charge in [0.2, 0.25) is 15.9 Å². The third-order valence-corrected chi connectivity index (χ3v) is 6.84. The molecule has 0 N–H and O–H groups in total. The number of furan rings is 1. The van der Waals surface area contributed by atoms with Gasteiger partial charge >= 0.3 is 0 Å². The number of amides is 1. The van der Waals surface area contributed by atoms with Crippen LogP contribution in [0.15, 0.2) is 52.0 Å². The van der Waals surface area contributed by atoms with E-state index in [0.717, 1.165) is 6.07 Å². The van der Waals surface area contributed by atoms with Gasteiger partial charge in [-0.05, 0) is 24.3 Å². The van der Waals surface area contributed by atoms with Crippen LogP contribution in [0.25, 0.3) is 0 Å². The molecule has 0 saturated carbocycles. The molecule has 0 aliphatic carbocycles. The van der Waals surface area contributed by atoms with Gasteiger partial charge < -0.3 is 9.32 Å². The van der Waals surface area contributed by atoms with Crippen LogP contribution in [0.3, 0.4) is 0 Å². The zero-order valence-corrected chi connectivity index (χ0v) is 17.2. The third-order valence-electron chi connectivity index (χ3n) is 4.90. The summed E-state index contributed by atoms with van der Waals surface area (Å²) in [4.78, 5) is 15.8. The number of rotatable bonds is 8. The van der Waals surface area contributed by atoms with Crippen LogP contribution in [0, 0.1) is 17.1 Å². The van der Waals surface area contributed by atoms with Gasteiger partial charge in [-0.25, -0.2) is 12.8 Å². The van der Waals surface area contributed by atoms with Crippen LogP contribution in [0.2, 0.25) is 0 Å². The molecule has 1 amide bonds. The lowest BCUT2D eigenvalue weighted by Gasteiger charge is -2.35. The van der Waals surface area contributed by atoms with Crippen molar-refractivity contribution in [3.63, 3.8) is 0 Å². The highest BCUT2D eigenvalue weighted by molar-refractivity contribution is 7.89. The number of carbonyl (C=O) groups excluding carboxylic acids is 1. The number of carbonyl (C=O) groups is 1. The number of halogens is 1. The summed E-state index contributed by atoms with van der Waals surface area (Å²) in [6.07, 6.45) is 1.83. The Morgan fingerprint density at radius 2 is 1.90 bits per heavy atom. The zero-order chi connectivity index (χ0) is 21.6. The Kier molecular flexibility index (Phi) is 7.20. The first-order valence-corrected chi connectivity index (χ1v) is 11.0. The topological polar surface area (TPSA) is 97.9 Å². The van der Waals surface area contributed by atoms with Crippen molar-refractivity contribution >= 4 is 15.9 Å². The lowest BCUT2D eigenvalue weighted by Crippen LogP contribution is -2.52. The normalized spacial score (nSPS) is 15.3. The number of sulfonamides is 1. The van der Waals surface area contributed by atoms with Gasteiger partial charge in [0.15, 0.2) is 0 Å². The average molecular weight is 434 g/mol. The van der Waals surface area contributed by atoms with Crippen molar-refractivity contribution in [1.29, 1.82) is 5.26 Å². The average Bonchev–Trinajstić information content (AvgIpc) is 3.25. The molecule has 1 fully saturated rings. The van der Waals surface area contributed by atoms with E-state index in [1.165, 1.54) is 22.5 Å². The Labute approximate surface area is 175 Å². The SMILES string of the molecule is N#CCCN(CC(=O)N1CCN(S(=O)(=O)c2ccccc2F)CC1)Cc1ccco1. The summed E-state index contributed by atoms with van der Waals surface area (Å²) in [5.41, 5.74) is 0. The van der Waals surface area contributed by atoms with Gasteiger partial charge in [0.05, 0.1) is 25.4 Å². The molecule has 0 unspecified atom stereocenters. The van der Waals surface area contributed by atoms with E-state index in [1.807, 2.05) is 4.90 Å². The van der Waals surface area contributed by atoms with E-state index in [1.54, 1.807) is 23.3 Å². The summed E-state index contributed by atoms with van der Waals surface area (Å²) in [5, 5.41) is 8.86. The number of nitrogens with zero attached hydrogens (tertiary/aromatic N) is 4. The first-order valence-electron chi connectivity index (χ1n) is 9.56. The maximum Gasteiger partial charge on any atom is 0.246 e. The minimum Gasteiger partial charge on any atom is -0.468 e. The van der Waals surface area contributed by atoms with Gasteiger partial charge in [-0.3, -0.25) is 9.69 Å². The Morgan fingerprint density at radius 3 is 2.53 bits per heavy atom. The van der Waals surface area contributed by atoms with Gasteiger partial charge in [0, 0.05) is 39.1 Å². The molecular weight excluding hydrogens is 411 g/mol. The Balaban J connectivity index is 1.59. The number of piperazine rings is 1. The molecule has 0 spiro atoms. The van der Waals surface area contributed by atoms with E-state index in [-0.39, 0.29) is 49.9 Å². The van der Waals surface area contributed by atoms with Gasteiger partial charge in [0.25, 0.3) is 0 Å². The fraction of sp³-hybridized carbons (Fsp3) is 0.400. The molecule has 2 aromatic rings. The molecule has 1 aromatic carbocycles. The van der Waals surface area contributed by atoms with Crippen molar-refractivity contribution in [1.82, 2.24) is 14.1 Å². The van der Waals surface area contributed by atoms with Gasteiger partial charge in [-0.2, -0.15) is 9.57 Å². The maximum absolute atomic E-state index is 13.9. The molecule has 1 saturated heterocycles. The van der Waals surface area contributed by atoms with Crippen molar-refractivity contribution in [2.45, 2.75) is 17.9 Å². The molecule has 1 aromatic heterocycles. The summed E-state index contributed by atoms with van der Waals surface area (Å²) >= 11 is 0. The second kappa shape index (κ2) is 9.84. The van der Waals surface area contributed by atoms with Crippen LogP contribution >= 0.6 is 0 Å². The monoisotopic (exact) mass is 434 g/mol. The Bertz CT molecular complexity index is 996. The summed E-state index contributed by atoms with van der Waals surface area (Å²) in [6, 6.07) is 10.9. The maximum atomic E-state index is 13.9.